The lowest BCUT2D eigenvalue weighted by Gasteiger charge is -2.26. The molecule has 0 radical (unpaired) electrons. The van der Waals surface area contributed by atoms with E-state index in [9.17, 15) is 9.00 Å². The first-order valence-electron chi connectivity index (χ1n) is 6.68. The number of hydrogen-bond donors (Lipinski definition) is 0. The van der Waals surface area contributed by atoms with Crippen molar-refractivity contribution in [3.05, 3.63) is 35.9 Å². The molecule has 2 fully saturated rings. The summed E-state index contributed by atoms with van der Waals surface area (Å²) >= 11 is 0. The summed E-state index contributed by atoms with van der Waals surface area (Å²) in [5, 5.41) is 0. The lowest BCUT2D eigenvalue weighted by atomic mass is 9.93. The van der Waals surface area contributed by atoms with Crippen LogP contribution in [0.5, 0.6) is 0 Å². The highest BCUT2D eigenvalue weighted by atomic mass is 32.2. The molecule has 4 nitrogen and oxygen atoms in total. The summed E-state index contributed by atoms with van der Waals surface area (Å²) in [6.45, 7) is 0. The van der Waals surface area contributed by atoms with Crippen molar-refractivity contribution >= 4 is 17.1 Å². The number of carbonyl (C=O) groups excluding carboxylic acids is 1. The van der Waals surface area contributed by atoms with Crippen LogP contribution in [-0.4, -0.2) is 26.8 Å². The normalized spacial score (nSPS) is 27.8. The minimum atomic E-state index is -1.34. The number of benzene rings is 1. The summed E-state index contributed by atoms with van der Waals surface area (Å²) in [6.07, 6.45) is 3.50. The molecule has 19 heavy (non-hydrogen) atoms. The maximum absolute atomic E-state index is 12.4. The third-order valence-corrected chi connectivity index (χ3v) is 5.19. The highest BCUT2D eigenvalue weighted by Gasteiger charge is 2.45. The number of carbonyl (C=O) groups is 1. The first-order chi connectivity index (χ1) is 9.25. The molecule has 0 aromatic heterocycles. The lowest BCUT2D eigenvalue weighted by Crippen LogP contribution is -2.40. The Hall–Kier alpha value is -1.36. The summed E-state index contributed by atoms with van der Waals surface area (Å²) in [5.41, 5.74) is 0.980. The predicted molar refractivity (Wildman–Crippen MR) is 72.7 cm³/mol. The molecular weight excluding hydrogens is 262 g/mol. The smallest absolute Gasteiger partial charge is 0.422 e. The standard InChI is InChI=1S/C14H17NO3S/c16-14-15(12-8-4-5-9-13(12)18-14)19(17)10-11-6-2-1-3-7-11/h1-3,6-7,12-13H,4-5,8-10H2/t12-,13?,19?/m0/s1. The average molecular weight is 279 g/mol. The lowest BCUT2D eigenvalue weighted by molar-refractivity contribution is 0.113. The molecule has 0 spiro atoms. The van der Waals surface area contributed by atoms with Crippen LogP contribution in [0.3, 0.4) is 0 Å². The second-order valence-corrected chi connectivity index (χ2v) is 6.38. The number of nitrogens with zero attached hydrogens (tertiary/aromatic N) is 1. The van der Waals surface area contributed by atoms with Crippen molar-refractivity contribution in [2.24, 2.45) is 0 Å². The Balaban J connectivity index is 1.74. The molecular formula is C14H17NO3S. The van der Waals surface area contributed by atoms with Gasteiger partial charge in [-0.2, -0.15) is 0 Å². The van der Waals surface area contributed by atoms with E-state index in [4.69, 9.17) is 4.74 Å². The SMILES string of the molecule is O=C1OC2CCCC[C@@H]2N1S(=O)Cc1ccccc1. The highest BCUT2D eigenvalue weighted by molar-refractivity contribution is 7.82. The monoisotopic (exact) mass is 279 g/mol. The van der Waals surface area contributed by atoms with Gasteiger partial charge >= 0.3 is 6.09 Å². The van der Waals surface area contributed by atoms with Crippen molar-refractivity contribution in [1.82, 2.24) is 4.31 Å². The predicted octanol–water partition coefficient (Wildman–Crippen LogP) is 2.61. The summed E-state index contributed by atoms with van der Waals surface area (Å²) in [7, 11) is -1.34. The second-order valence-electron chi connectivity index (χ2n) is 5.05. The zero-order valence-electron chi connectivity index (χ0n) is 10.7. The number of rotatable bonds is 3. The Labute approximate surface area is 115 Å². The fraction of sp³-hybridized carbons (Fsp3) is 0.500. The summed E-state index contributed by atoms with van der Waals surface area (Å²) in [5.74, 6) is 0.374. The number of hydrogen-bond acceptors (Lipinski definition) is 3. The molecule has 1 aromatic rings. The van der Waals surface area contributed by atoms with E-state index in [1.807, 2.05) is 30.3 Å². The van der Waals surface area contributed by atoms with Crippen molar-refractivity contribution < 1.29 is 13.7 Å². The van der Waals surface area contributed by atoms with Crippen molar-refractivity contribution in [2.75, 3.05) is 0 Å². The molecule has 3 rings (SSSR count). The van der Waals surface area contributed by atoms with Gasteiger partial charge in [0.05, 0.1) is 11.8 Å². The minimum Gasteiger partial charge on any atom is -0.443 e. The van der Waals surface area contributed by atoms with E-state index in [1.54, 1.807) is 0 Å². The molecule has 0 N–H and O–H groups in total. The molecule has 1 aliphatic carbocycles. The van der Waals surface area contributed by atoms with Crippen molar-refractivity contribution in [1.29, 1.82) is 0 Å². The van der Waals surface area contributed by atoms with Crippen molar-refractivity contribution in [2.45, 2.75) is 43.6 Å². The Morgan fingerprint density at radius 1 is 1.21 bits per heavy atom. The minimum absolute atomic E-state index is 0.00537. The van der Waals surface area contributed by atoms with Gasteiger partial charge in [0.1, 0.15) is 17.1 Å². The van der Waals surface area contributed by atoms with Crippen LogP contribution in [0.25, 0.3) is 0 Å². The molecule has 5 heteroatoms. The molecule has 1 amide bonds. The summed E-state index contributed by atoms with van der Waals surface area (Å²) in [4.78, 5) is 11.9. The number of ether oxygens (including phenoxy) is 1. The maximum Gasteiger partial charge on any atom is 0.422 e. The molecule has 1 heterocycles. The van der Waals surface area contributed by atoms with E-state index in [2.05, 4.69) is 0 Å². The summed E-state index contributed by atoms with van der Waals surface area (Å²) < 4.78 is 19.2. The Bertz CT molecular complexity index is 491. The third kappa shape index (κ3) is 2.52. The molecule has 3 atom stereocenters. The third-order valence-electron chi connectivity index (χ3n) is 3.75. The molecule has 2 aliphatic rings. The zero-order valence-corrected chi connectivity index (χ0v) is 11.5. The number of amides is 1. The van der Waals surface area contributed by atoms with E-state index < -0.39 is 17.1 Å². The average Bonchev–Trinajstić information content (AvgIpc) is 2.75. The zero-order chi connectivity index (χ0) is 13.2. The van der Waals surface area contributed by atoms with E-state index in [0.717, 1.165) is 31.2 Å². The Morgan fingerprint density at radius 2 is 1.95 bits per heavy atom. The van der Waals surface area contributed by atoms with Crippen LogP contribution in [0.2, 0.25) is 0 Å². The molecule has 1 saturated heterocycles. The van der Waals surface area contributed by atoms with E-state index >= 15 is 0 Å². The maximum atomic E-state index is 12.4. The van der Waals surface area contributed by atoms with Gasteiger partial charge in [-0.05, 0) is 24.8 Å². The molecule has 1 saturated carbocycles. The Kier molecular flexibility index (Phi) is 3.55. The van der Waals surface area contributed by atoms with Gasteiger partial charge in [-0.1, -0.05) is 36.8 Å². The van der Waals surface area contributed by atoms with Crippen LogP contribution < -0.4 is 0 Å². The van der Waals surface area contributed by atoms with Gasteiger partial charge in [0.15, 0.2) is 0 Å². The first-order valence-corrected chi connectivity index (χ1v) is 7.95. The molecule has 1 aromatic carbocycles. The Morgan fingerprint density at radius 3 is 2.74 bits per heavy atom. The fourth-order valence-corrected chi connectivity index (χ4v) is 4.19. The first kappa shape index (κ1) is 12.7. The summed E-state index contributed by atoms with van der Waals surface area (Å²) in [6, 6.07) is 9.62. The van der Waals surface area contributed by atoms with Crippen LogP contribution in [0.15, 0.2) is 30.3 Å². The van der Waals surface area contributed by atoms with E-state index in [0.29, 0.717) is 5.75 Å². The van der Waals surface area contributed by atoms with Crippen LogP contribution in [0.1, 0.15) is 31.2 Å². The molecule has 2 unspecified atom stereocenters. The molecule has 1 aliphatic heterocycles. The second kappa shape index (κ2) is 5.33. The van der Waals surface area contributed by atoms with Gasteiger partial charge in [-0.15, -0.1) is 0 Å². The van der Waals surface area contributed by atoms with Crippen LogP contribution >= 0.6 is 0 Å². The fourth-order valence-electron chi connectivity index (χ4n) is 2.82. The number of fused-ring (bicyclic) bond motifs is 1. The van der Waals surface area contributed by atoms with E-state index in [1.165, 1.54) is 4.31 Å². The molecule has 102 valence electrons. The van der Waals surface area contributed by atoms with Crippen LogP contribution in [0.4, 0.5) is 4.79 Å². The van der Waals surface area contributed by atoms with Gasteiger partial charge in [-0.25, -0.2) is 13.3 Å². The van der Waals surface area contributed by atoms with Gasteiger partial charge in [0.25, 0.3) is 0 Å². The van der Waals surface area contributed by atoms with E-state index in [-0.39, 0.29) is 12.1 Å². The van der Waals surface area contributed by atoms with Crippen LogP contribution in [-0.2, 0) is 21.5 Å². The largest absolute Gasteiger partial charge is 0.443 e. The highest BCUT2D eigenvalue weighted by Crippen LogP contribution is 2.33. The van der Waals surface area contributed by atoms with Gasteiger partial charge in [0, 0.05) is 0 Å². The quantitative estimate of drug-likeness (QED) is 0.854. The topological polar surface area (TPSA) is 46.6 Å². The van der Waals surface area contributed by atoms with Gasteiger partial charge < -0.3 is 4.74 Å². The van der Waals surface area contributed by atoms with Gasteiger partial charge in [-0.3, -0.25) is 0 Å². The molecule has 0 bridgehead atoms. The van der Waals surface area contributed by atoms with Gasteiger partial charge in [0.2, 0.25) is 0 Å². The van der Waals surface area contributed by atoms with Crippen LogP contribution in [0, 0.1) is 0 Å². The van der Waals surface area contributed by atoms with Crippen molar-refractivity contribution in [3.63, 3.8) is 0 Å². The van der Waals surface area contributed by atoms with Crippen molar-refractivity contribution in [3.8, 4) is 0 Å².